The summed E-state index contributed by atoms with van der Waals surface area (Å²) >= 11 is 0. The van der Waals surface area contributed by atoms with E-state index in [0.29, 0.717) is 29.8 Å². The van der Waals surface area contributed by atoms with Gasteiger partial charge >= 0.3 is 5.97 Å². The molecule has 1 amide bonds. The molecule has 5 nitrogen and oxygen atoms in total. The molecule has 0 fully saturated rings. The number of carbonyl (C=O) groups excluding carboxylic acids is 2. The van der Waals surface area contributed by atoms with E-state index in [1.807, 2.05) is 24.3 Å². The molecule has 0 unspecified atom stereocenters. The van der Waals surface area contributed by atoms with E-state index in [9.17, 15) is 14.0 Å². The van der Waals surface area contributed by atoms with Gasteiger partial charge in [0.2, 0.25) is 0 Å². The number of hydrogen-bond acceptors (Lipinski definition) is 3. The van der Waals surface area contributed by atoms with E-state index < -0.39 is 11.8 Å². The lowest BCUT2D eigenvalue weighted by Gasteiger charge is -2.18. The summed E-state index contributed by atoms with van der Waals surface area (Å²) in [6.07, 6.45) is 2.11. The lowest BCUT2D eigenvalue weighted by Crippen LogP contribution is -2.28. The average Bonchev–Trinajstić information content (AvgIpc) is 2.96. The molecule has 28 heavy (non-hydrogen) atoms. The second-order valence-corrected chi connectivity index (χ2v) is 6.54. The Morgan fingerprint density at radius 2 is 1.89 bits per heavy atom. The lowest BCUT2D eigenvalue weighted by molar-refractivity contribution is -0.136. The highest BCUT2D eigenvalue weighted by molar-refractivity contribution is 6.18. The maximum absolute atomic E-state index is 13.2. The Hall–Kier alpha value is -3.41. The van der Waals surface area contributed by atoms with E-state index in [1.54, 1.807) is 6.92 Å². The highest BCUT2D eigenvalue weighted by atomic mass is 19.1. The van der Waals surface area contributed by atoms with Crippen LogP contribution in [0.3, 0.4) is 0 Å². The number of rotatable bonds is 3. The highest BCUT2D eigenvalue weighted by Crippen LogP contribution is 2.31. The van der Waals surface area contributed by atoms with Crippen molar-refractivity contribution >= 4 is 28.4 Å². The number of nitrogens with one attached hydrogen (secondary N) is 1. The van der Waals surface area contributed by atoms with E-state index in [4.69, 9.17) is 4.74 Å². The zero-order valence-electron chi connectivity index (χ0n) is 15.4. The number of para-hydroxylation sites is 1. The van der Waals surface area contributed by atoms with Gasteiger partial charge in [-0.25, -0.2) is 9.18 Å². The quantitative estimate of drug-likeness (QED) is 0.703. The molecule has 0 saturated heterocycles. The Labute approximate surface area is 161 Å². The van der Waals surface area contributed by atoms with E-state index >= 15 is 0 Å². The third-order valence-electron chi connectivity index (χ3n) is 4.82. The molecule has 0 aliphatic carbocycles. The molecule has 4 rings (SSSR count). The van der Waals surface area contributed by atoms with Gasteiger partial charge in [0, 0.05) is 29.2 Å². The molecule has 6 heteroatoms. The first-order valence-corrected chi connectivity index (χ1v) is 9.14. The highest BCUT2D eigenvalue weighted by Gasteiger charge is 2.27. The van der Waals surface area contributed by atoms with Crippen molar-refractivity contribution in [2.75, 3.05) is 13.2 Å². The molecule has 1 N–H and O–H groups in total. The topological polar surface area (TPSA) is 62.4 Å². The third-order valence-corrected chi connectivity index (χ3v) is 4.82. The number of amides is 1. The number of aromatic nitrogens is 1. The monoisotopic (exact) mass is 378 g/mol. The van der Waals surface area contributed by atoms with Crippen LogP contribution in [0.2, 0.25) is 0 Å². The first-order chi connectivity index (χ1) is 13.6. The molecule has 142 valence electrons. The van der Waals surface area contributed by atoms with Crippen molar-refractivity contribution < 1.29 is 18.7 Å². The van der Waals surface area contributed by atoms with Gasteiger partial charge in [-0.15, -0.1) is 0 Å². The Morgan fingerprint density at radius 1 is 1.14 bits per heavy atom. The summed E-state index contributed by atoms with van der Waals surface area (Å²) in [7, 11) is 0. The van der Waals surface area contributed by atoms with Crippen LogP contribution in [0.1, 0.15) is 28.5 Å². The summed E-state index contributed by atoms with van der Waals surface area (Å²) in [6.45, 7) is 2.37. The van der Waals surface area contributed by atoms with Gasteiger partial charge in [0.05, 0.1) is 17.9 Å². The number of fused-ring (bicyclic) bond motifs is 3. The summed E-state index contributed by atoms with van der Waals surface area (Å²) in [6, 6.07) is 13.2. The predicted molar refractivity (Wildman–Crippen MR) is 104 cm³/mol. The van der Waals surface area contributed by atoms with Gasteiger partial charge in [-0.1, -0.05) is 18.2 Å². The molecule has 3 aromatic rings. The van der Waals surface area contributed by atoms with Crippen molar-refractivity contribution in [1.29, 1.82) is 0 Å². The molecule has 2 heterocycles. The standard InChI is InChI=1S/C22H19FN2O3/c1-2-28-22(27)18-13-25(21(26)14-7-9-15(23)10-8-14)12-11-17-16-5-3-4-6-19(16)24-20(17)18/h3-10,13,24H,2,11-12H2,1H3. The van der Waals surface area contributed by atoms with Crippen LogP contribution < -0.4 is 0 Å². The van der Waals surface area contributed by atoms with Crippen LogP contribution in [-0.2, 0) is 16.0 Å². The van der Waals surface area contributed by atoms with Crippen molar-refractivity contribution in [2.45, 2.75) is 13.3 Å². The smallest absolute Gasteiger partial charge is 0.341 e. The number of carbonyl (C=O) groups is 2. The van der Waals surface area contributed by atoms with Crippen molar-refractivity contribution in [2.24, 2.45) is 0 Å². The van der Waals surface area contributed by atoms with Crippen LogP contribution in [0.15, 0.2) is 54.7 Å². The van der Waals surface area contributed by atoms with Crippen LogP contribution in [-0.4, -0.2) is 34.9 Å². The number of halogens is 1. The van der Waals surface area contributed by atoms with Crippen LogP contribution in [0.4, 0.5) is 4.39 Å². The van der Waals surface area contributed by atoms with Gasteiger partial charge in [0.15, 0.2) is 0 Å². The van der Waals surface area contributed by atoms with Crippen LogP contribution >= 0.6 is 0 Å². The third kappa shape index (κ3) is 3.17. The molecule has 2 aromatic carbocycles. The summed E-state index contributed by atoms with van der Waals surface area (Å²) in [5, 5.41) is 1.02. The van der Waals surface area contributed by atoms with Crippen LogP contribution in [0.25, 0.3) is 16.5 Å². The van der Waals surface area contributed by atoms with E-state index in [-0.39, 0.29) is 12.5 Å². The van der Waals surface area contributed by atoms with Gasteiger partial charge in [0.25, 0.3) is 5.91 Å². The molecule has 0 saturated carbocycles. The zero-order chi connectivity index (χ0) is 19.7. The minimum Gasteiger partial charge on any atom is -0.462 e. The SMILES string of the molecule is CCOC(=O)C1=CN(C(=O)c2ccc(F)cc2)CCc2c1[nH]c1ccccc21. The molecule has 1 aromatic heterocycles. The van der Waals surface area contributed by atoms with Gasteiger partial charge in [-0.3, -0.25) is 4.79 Å². The fraction of sp³-hybridized carbons (Fsp3) is 0.182. The fourth-order valence-electron chi connectivity index (χ4n) is 3.49. The van der Waals surface area contributed by atoms with E-state index in [0.717, 1.165) is 16.5 Å². The first-order valence-electron chi connectivity index (χ1n) is 9.14. The molecular weight excluding hydrogens is 359 g/mol. The van der Waals surface area contributed by atoms with Crippen molar-refractivity contribution in [3.63, 3.8) is 0 Å². The number of H-pyrrole nitrogens is 1. The Balaban J connectivity index is 1.79. The molecular formula is C22H19FN2O3. The number of nitrogens with zero attached hydrogens (tertiary/aromatic N) is 1. The number of esters is 1. The fourth-order valence-corrected chi connectivity index (χ4v) is 3.49. The van der Waals surface area contributed by atoms with Crippen LogP contribution in [0.5, 0.6) is 0 Å². The second-order valence-electron chi connectivity index (χ2n) is 6.54. The predicted octanol–water partition coefficient (Wildman–Crippen LogP) is 3.91. The summed E-state index contributed by atoms with van der Waals surface area (Å²) < 4.78 is 18.4. The minimum absolute atomic E-state index is 0.234. The van der Waals surface area contributed by atoms with E-state index in [2.05, 4.69) is 4.98 Å². The number of hydrogen-bond donors (Lipinski definition) is 1. The minimum atomic E-state index is -0.492. The Bertz CT molecular complexity index is 1080. The Morgan fingerprint density at radius 3 is 2.64 bits per heavy atom. The molecule has 0 radical (unpaired) electrons. The zero-order valence-corrected chi connectivity index (χ0v) is 15.4. The first kappa shape index (κ1) is 18.0. The Kier molecular flexibility index (Phi) is 4.69. The molecule has 0 spiro atoms. The van der Waals surface area contributed by atoms with Crippen molar-refractivity contribution in [3.05, 3.63) is 77.4 Å². The summed E-state index contributed by atoms with van der Waals surface area (Å²) in [5.41, 5.74) is 3.25. The van der Waals surface area contributed by atoms with Gasteiger partial charge < -0.3 is 14.6 Å². The maximum atomic E-state index is 13.2. The summed E-state index contributed by atoms with van der Waals surface area (Å²) in [4.78, 5) is 30.3. The molecule has 1 aliphatic heterocycles. The molecule has 0 bridgehead atoms. The number of benzene rings is 2. The second kappa shape index (κ2) is 7.31. The normalized spacial score (nSPS) is 13.6. The van der Waals surface area contributed by atoms with Gasteiger partial charge in [0.1, 0.15) is 5.82 Å². The average molecular weight is 378 g/mol. The molecule has 0 atom stereocenters. The van der Waals surface area contributed by atoms with Gasteiger partial charge in [-0.05, 0) is 49.2 Å². The molecule has 1 aliphatic rings. The lowest BCUT2D eigenvalue weighted by atomic mass is 10.0. The van der Waals surface area contributed by atoms with Gasteiger partial charge in [-0.2, -0.15) is 0 Å². The van der Waals surface area contributed by atoms with Crippen molar-refractivity contribution in [1.82, 2.24) is 9.88 Å². The largest absolute Gasteiger partial charge is 0.462 e. The van der Waals surface area contributed by atoms with Crippen LogP contribution in [0, 0.1) is 5.82 Å². The van der Waals surface area contributed by atoms with Crippen molar-refractivity contribution in [3.8, 4) is 0 Å². The number of ether oxygens (including phenoxy) is 1. The number of aromatic amines is 1. The maximum Gasteiger partial charge on any atom is 0.341 e. The van der Waals surface area contributed by atoms with E-state index in [1.165, 1.54) is 35.4 Å². The summed E-state index contributed by atoms with van der Waals surface area (Å²) in [5.74, 6) is -1.19.